The number of amides is 1. The summed E-state index contributed by atoms with van der Waals surface area (Å²) in [7, 11) is 0. The Hall–Kier alpha value is -1.92. The van der Waals surface area contributed by atoms with E-state index in [1.165, 1.54) is 6.92 Å². The van der Waals surface area contributed by atoms with Crippen molar-refractivity contribution in [2.24, 2.45) is 11.8 Å². The summed E-state index contributed by atoms with van der Waals surface area (Å²) in [5, 5.41) is 0. The zero-order valence-corrected chi connectivity index (χ0v) is 15.8. The van der Waals surface area contributed by atoms with Crippen LogP contribution in [0.3, 0.4) is 0 Å². The van der Waals surface area contributed by atoms with Gasteiger partial charge < -0.3 is 14.4 Å². The van der Waals surface area contributed by atoms with E-state index < -0.39 is 29.1 Å². The number of carbonyl (C=O) groups is 4. The third-order valence-corrected chi connectivity index (χ3v) is 4.01. The normalized spacial score (nSPS) is 16.9. The van der Waals surface area contributed by atoms with E-state index in [-0.39, 0.29) is 25.0 Å². The molecule has 7 heteroatoms. The smallest absolute Gasteiger partial charge is 0.410 e. The van der Waals surface area contributed by atoms with Crippen molar-refractivity contribution >= 4 is 23.6 Å². The van der Waals surface area contributed by atoms with Gasteiger partial charge in [0.1, 0.15) is 5.60 Å². The van der Waals surface area contributed by atoms with Gasteiger partial charge in [-0.3, -0.25) is 14.4 Å². The lowest BCUT2D eigenvalue weighted by atomic mass is 9.86. The van der Waals surface area contributed by atoms with Gasteiger partial charge in [-0.05, 0) is 53.4 Å². The van der Waals surface area contributed by atoms with Crippen molar-refractivity contribution in [2.45, 2.75) is 59.5 Å². The molecule has 0 N–H and O–H groups in total. The first kappa shape index (κ1) is 21.1. The molecule has 1 unspecified atom stereocenters. The molecular formula is C18H29NO6. The molecule has 0 aliphatic carbocycles. The molecule has 142 valence electrons. The lowest BCUT2D eigenvalue weighted by molar-refractivity contribution is -0.154. The molecule has 1 fully saturated rings. The Labute approximate surface area is 149 Å². The van der Waals surface area contributed by atoms with Gasteiger partial charge in [-0.2, -0.15) is 0 Å². The topological polar surface area (TPSA) is 90.0 Å². The minimum absolute atomic E-state index is 0.0439. The summed E-state index contributed by atoms with van der Waals surface area (Å²) in [5.41, 5.74) is -0.543. The number of ketones is 2. The van der Waals surface area contributed by atoms with E-state index in [9.17, 15) is 19.2 Å². The Morgan fingerprint density at radius 1 is 1.12 bits per heavy atom. The van der Waals surface area contributed by atoms with Crippen LogP contribution < -0.4 is 0 Å². The highest BCUT2D eigenvalue weighted by molar-refractivity contribution is 6.16. The number of hydrogen-bond donors (Lipinski definition) is 0. The fraction of sp³-hybridized carbons (Fsp3) is 0.778. The van der Waals surface area contributed by atoms with E-state index in [1.807, 2.05) is 20.8 Å². The summed E-state index contributed by atoms with van der Waals surface area (Å²) in [6.45, 7) is 9.42. The molecule has 0 saturated carbocycles. The number of rotatable bonds is 6. The second-order valence-electron chi connectivity index (χ2n) is 7.38. The maximum Gasteiger partial charge on any atom is 0.410 e. The van der Waals surface area contributed by atoms with E-state index in [1.54, 1.807) is 11.8 Å². The van der Waals surface area contributed by atoms with Crippen LogP contribution in [0.4, 0.5) is 4.79 Å². The van der Waals surface area contributed by atoms with Crippen LogP contribution in [0.15, 0.2) is 0 Å². The number of piperidine rings is 1. The van der Waals surface area contributed by atoms with Crippen LogP contribution in [0.25, 0.3) is 0 Å². The predicted octanol–water partition coefficient (Wildman–Crippen LogP) is 2.36. The lowest BCUT2D eigenvalue weighted by Crippen LogP contribution is -2.42. The van der Waals surface area contributed by atoms with Crippen LogP contribution in [-0.2, 0) is 23.9 Å². The molecule has 7 nitrogen and oxygen atoms in total. The zero-order valence-electron chi connectivity index (χ0n) is 15.8. The van der Waals surface area contributed by atoms with Crippen LogP contribution in [-0.4, -0.2) is 53.8 Å². The lowest BCUT2D eigenvalue weighted by Gasteiger charge is -2.33. The largest absolute Gasteiger partial charge is 0.465 e. The highest BCUT2D eigenvalue weighted by Gasteiger charge is 2.35. The molecule has 1 atom stereocenters. The third kappa shape index (κ3) is 6.84. The quantitative estimate of drug-likeness (QED) is 0.537. The summed E-state index contributed by atoms with van der Waals surface area (Å²) in [5.74, 6) is -2.95. The van der Waals surface area contributed by atoms with Crippen LogP contribution in [0.5, 0.6) is 0 Å². The molecule has 1 aliphatic heterocycles. The van der Waals surface area contributed by atoms with Crippen molar-refractivity contribution in [3.63, 3.8) is 0 Å². The van der Waals surface area contributed by atoms with Crippen LogP contribution in [0, 0.1) is 11.8 Å². The summed E-state index contributed by atoms with van der Waals surface area (Å²) in [6, 6.07) is 0. The number of carbonyl (C=O) groups excluding carboxylic acids is 4. The van der Waals surface area contributed by atoms with E-state index in [0.29, 0.717) is 25.9 Å². The Morgan fingerprint density at radius 3 is 2.12 bits per heavy atom. The number of nitrogens with zero attached hydrogens (tertiary/aromatic N) is 1. The predicted molar refractivity (Wildman–Crippen MR) is 91.0 cm³/mol. The minimum atomic E-state index is -1.33. The standard InChI is InChI=1S/C18H29NO6/c1-6-24-16(22)15(12(2)20)14(21)11-13-7-9-19(10-8-13)17(23)25-18(3,4)5/h13,15H,6-11H2,1-5H3. The van der Waals surface area contributed by atoms with Gasteiger partial charge in [0.15, 0.2) is 17.5 Å². The van der Waals surface area contributed by atoms with Crippen molar-refractivity contribution in [3.8, 4) is 0 Å². The molecule has 1 aliphatic rings. The molecule has 1 rings (SSSR count). The molecule has 1 saturated heterocycles. The molecule has 0 bridgehead atoms. The van der Waals surface area contributed by atoms with Gasteiger partial charge in [-0.1, -0.05) is 0 Å². The van der Waals surface area contributed by atoms with Crippen molar-refractivity contribution in [1.82, 2.24) is 4.90 Å². The minimum Gasteiger partial charge on any atom is -0.465 e. The van der Waals surface area contributed by atoms with E-state index >= 15 is 0 Å². The van der Waals surface area contributed by atoms with Gasteiger partial charge in [-0.15, -0.1) is 0 Å². The van der Waals surface area contributed by atoms with Gasteiger partial charge in [-0.25, -0.2) is 4.79 Å². The summed E-state index contributed by atoms with van der Waals surface area (Å²) in [4.78, 5) is 49.4. The van der Waals surface area contributed by atoms with E-state index in [0.717, 1.165) is 0 Å². The Kier molecular flexibility index (Phi) is 7.58. The molecule has 0 aromatic heterocycles. The number of ether oxygens (including phenoxy) is 2. The molecular weight excluding hydrogens is 326 g/mol. The average Bonchev–Trinajstić information content (AvgIpc) is 2.46. The average molecular weight is 355 g/mol. The van der Waals surface area contributed by atoms with Crippen molar-refractivity contribution in [1.29, 1.82) is 0 Å². The maximum atomic E-state index is 12.3. The zero-order chi connectivity index (χ0) is 19.2. The molecule has 25 heavy (non-hydrogen) atoms. The second kappa shape index (κ2) is 8.97. The van der Waals surface area contributed by atoms with Crippen LogP contribution in [0.2, 0.25) is 0 Å². The van der Waals surface area contributed by atoms with Crippen LogP contribution in [0.1, 0.15) is 53.9 Å². The SMILES string of the molecule is CCOC(=O)C(C(C)=O)C(=O)CC1CCN(C(=O)OC(C)(C)C)CC1. The summed E-state index contributed by atoms with van der Waals surface area (Å²) < 4.78 is 10.2. The van der Waals surface area contributed by atoms with Gasteiger partial charge >= 0.3 is 12.1 Å². The maximum absolute atomic E-state index is 12.3. The first-order valence-electron chi connectivity index (χ1n) is 8.73. The van der Waals surface area contributed by atoms with Gasteiger partial charge in [0.2, 0.25) is 0 Å². The highest BCUT2D eigenvalue weighted by atomic mass is 16.6. The molecule has 0 spiro atoms. The van der Waals surface area contributed by atoms with Gasteiger partial charge in [0, 0.05) is 19.5 Å². The van der Waals surface area contributed by atoms with Crippen molar-refractivity contribution < 1.29 is 28.7 Å². The number of hydrogen-bond acceptors (Lipinski definition) is 6. The molecule has 0 radical (unpaired) electrons. The van der Waals surface area contributed by atoms with Crippen molar-refractivity contribution in [3.05, 3.63) is 0 Å². The molecule has 1 heterocycles. The number of Topliss-reactive ketones (excluding diaryl/α,β-unsaturated/α-hetero) is 2. The van der Waals surface area contributed by atoms with E-state index in [2.05, 4.69) is 0 Å². The first-order chi connectivity index (χ1) is 11.5. The Bertz CT molecular complexity index is 514. The highest BCUT2D eigenvalue weighted by Crippen LogP contribution is 2.24. The number of esters is 1. The number of likely N-dealkylation sites (tertiary alicyclic amines) is 1. The fourth-order valence-electron chi connectivity index (χ4n) is 2.80. The summed E-state index contributed by atoms with van der Waals surface area (Å²) in [6.07, 6.45) is 1.06. The Balaban J connectivity index is 2.54. The summed E-state index contributed by atoms with van der Waals surface area (Å²) >= 11 is 0. The Morgan fingerprint density at radius 2 is 1.68 bits per heavy atom. The molecule has 0 aromatic carbocycles. The van der Waals surface area contributed by atoms with Gasteiger partial charge in [0.25, 0.3) is 0 Å². The first-order valence-corrected chi connectivity index (χ1v) is 8.73. The van der Waals surface area contributed by atoms with E-state index in [4.69, 9.17) is 9.47 Å². The second-order valence-corrected chi connectivity index (χ2v) is 7.38. The van der Waals surface area contributed by atoms with Crippen LogP contribution >= 0.6 is 0 Å². The van der Waals surface area contributed by atoms with Gasteiger partial charge in [0.05, 0.1) is 6.61 Å². The fourth-order valence-corrected chi connectivity index (χ4v) is 2.80. The molecule has 1 amide bonds. The monoisotopic (exact) mass is 355 g/mol. The van der Waals surface area contributed by atoms with Crippen molar-refractivity contribution in [2.75, 3.05) is 19.7 Å². The third-order valence-electron chi connectivity index (χ3n) is 4.01. The molecule has 0 aromatic rings.